The minimum absolute atomic E-state index is 0.963. The number of thiophene rings is 1. The first-order valence-electron chi connectivity index (χ1n) is 5.15. The van der Waals surface area contributed by atoms with Gasteiger partial charge in [0.05, 0.1) is 5.00 Å². The standard InChI is InChI=1S/C9H15NS.C2H6/c1-3-5-7-6-9(10)11-8(7)4-2;1-2/h6H,3-5,10H2,1-2H3;1-2H3. The molecule has 0 fully saturated rings. The Kier molecular flexibility index (Phi) is 6.69. The average Bonchev–Trinajstić information content (AvgIpc) is 2.50. The lowest BCUT2D eigenvalue weighted by molar-refractivity contribution is 0.910. The molecule has 13 heavy (non-hydrogen) atoms. The van der Waals surface area contributed by atoms with Crippen LogP contribution in [0.1, 0.15) is 44.6 Å². The fourth-order valence-electron chi connectivity index (χ4n) is 1.27. The lowest BCUT2D eigenvalue weighted by Gasteiger charge is -1.96. The molecule has 1 rings (SSSR count). The number of nitrogen functional groups attached to an aromatic ring is 1. The molecule has 0 atom stereocenters. The van der Waals surface area contributed by atoms with Gasteiger partial charge in [0.1, 0.15) is 0 Å². The molecule has 0 saturated heterocycles. The van der Waals surface area contributed by atoms with Crippen LogP contribution in [0.15, 0.2) is 6.07 Å². The summed E-state index contributed by atoms with van der Waals surface area (Å²) >= 11 is 1.73. The van der Waals surface area contributed by atoms with Gasteiger partial charge in [-0.25, -0.2) is 0 Å². The Morgan fingerprint density at radius 3 is 2.38 bits per heavy atom. The van der Waals surface area contributed by atoms with Crippen LogP contribution in [-0.2, 0) is 12.8 Å². The van der Waals surface area contributed by atoms with Crippen molar-refractivity contribution < 1.29 is 0 Å². The van der Waals surface area contributed by atoms with Crippen LogP contribution < -0.4 is 5.73 Å². The van der Waals surface area contributed by atoms with Gasteiger partial charge in [-0.3, -0.25) is 0 Å². The number of hydrogen-bond donors (Lipinski definition) is 1. The molecule has 1 aromatic rings. The van der Waals surface area contributed by atoms with Gasteiger partial charge in [0, 0.05) is 4.88 Å². The minimum Gasteiger partial charge on any atom is -0.391 e. The Hall–Kier alpha value is -0.500. The number of rotatable bonds is 3. The lowest BCUT2D eigenvalue weighted by Crippen LogP contribution is -1.84. The second-order valence-corrected chi connectivity index (χ2v) is 3.87. The smallest absolute Gasteiger partial charge is 0.0862 e. The molecule has 0 radical (unpaired) electrons. The number of aryl methyl sites for hydroxylation is 2. The van der Waals surface area contributed by atoms with Gasteiger partial charge in [0.15, 0.2) is 0 Å². The molecule has 0 aromatic carbocycles. The van der Waals surface area contributed by atoms with E-state index in [1.165, 1.54) is 23.3 Å². The molecular formula is C11H21NS. The highest BCUT2D eigenvalue weighted by Gasteiger charge is 2.03. The van der Waals surface area contributed by atoms with Crippen LogP contribution in [-0.4, -0.2) is 0 Å². The summed E-state index contributed by atoms with van der Waals surface area (Å²) in [6, 6.07) is 2.12. The van der Waals surface area contributed by atoms with Gasteiger partial charge in [-0.05, 0) is 24.5 Å². The van der Waals surface area contributed by atoms with Crippen molar-refractivity contribution in [2.45, 2.75) is 47.0 Å². The molecule has 1 aromatic heterocycles. The number of anilines is 1. The second-order valence-electron chi connectivity index (χ2n) is 2.70. The third-order valence-corrected chi connectivity index (χ3v) is 2.91. The van der Waals surface area contributed by atoms with Gasteiger partial charge in [-0.1, -0.05) is 34.1 Å². The highest BCUT2D eigenvalue weighted by atomic mass is 32.1. The van der Waals surface area contributed by atoms with Crippen LogP contribution in [0.2, 0.25) is 0 Å². The summed E-state index contributed by atoms with van der Waals surface area (Å²) in [6.45, 7) is 8.39. The summed E-state index contributed by atoms with van der Waals surface area (Å²) in [4.78, 5) is 1.46. The SMILES string of the molecule is CC.CCCc1cc(N)sc1CC. The van der Waals surface area contributed by atoms with Crippen LogP contribution in [0.4, 0.5) is 5.00 Å². The zero-order valence-corrected chi connectivity index (χ0v) is 10.0. The first-order valence-corrected chi connectivity index (χ1v) is 5.96. The van der Waals surface area contributed by atoms with E-state index >= 15 is 0 Å². The highest BCUT2D eigenvalue weighted by Crippen LogP contribution is 2.25. The van der Waals surface area contributed by atoms with Gasteiger partial charge >= 0.3 is 0 Å². The van der Waals surface area contributed by atoms with E-state index in [4.69, 9.17) is 5.73 Å². The quantitative estimate of drug-likeness (QED) is 0.785. The molecule has 0 bridgehead atoms. The fraction of sp³-hybridized carbons (Fsp3) is 0.636. The van der Waals surface area contributed by atoms with Crippen LogP contribution in [0.5, 0.6) is 0 Å². The topological polar surface area (TPSA) is 26.0 Å². The maximum absolute atomic E-state index is 5.70. The van der Waals surface area contributed by atoms with Crippen molar-refractivity contribution in [3.63, 3.8) is 0 Å². The molecule has 0 aliphatic rings. The molecule has 2 heteroatoms. The van der Waals surface area contributed by atoms with Crippen LogP contribution >= 0.6 is 11.3 Å². The number of hydrogen-bond acceptors (Lipinski definition) is 2. The summed E-state index contributed by atoms with van der Waals surface area (Å²) in [5, 5.41) is 0.963. The first-order chi connectivity index (χ1) is 6.27. The van der Waals surface area contributed by atoms with E-state index in [0.29, 0.717) is 0 Å². The van der Waals surface area contributed by atoms with Crippen molar-refractivity contribution in [2.75, 3.05) is 5.73 Å². The van der Waals surface area contributed by atoms with E-state index in [2.05, 4.69) is 19.9 Å². The molecule has 76 valence electrons. The Labute approximate surface area is 86.0 Å². The summed E-state index contributed by atoms with van der Waals surface area (Å²) in [5.74, 6) is 0. The molecule has 1 heterocycles. The lowest BCUT2D eigenvalue weighted by atomic mass is 10.1. The predicted octanol–water partition coefficient (Wildman–Crippen LogP) is 3.87. The van der Waals surface area contributed by atoms with Crippen molar-refractivity contribution >= 4 is 16.3 Å². The highest BCUT2D eigenvalue weighted by molar-refractivity contribution is 7.16. The fourth-order valence-corrected chi connectivity index (χ4v) is 2.19. The molecule has 1 nitrogen and oxygen atoms in total. The summed E-state index contributed by atoms with van der Waals surface area (Å²) in [5.41, 5.74) is 7.16. The summed E-state index contributed by atoms with van der Waals surface area (Å²) in [6.07, 6.45) is 3.51. The van der Waals surface area contributed by atoms with E-state index in [1.54, 1.807) is 11.3 Å². The van der Waals surface area contributed by atoms with Gasteiger partial charge < -0.3 is 5.73 Å². The van der Waals surface area contributed by atoms with E-state index < -0.39 is 0 Å². The van der Waals surface area contributed by atoms with E-state index in [-0.39, 0.29) is 0 Å². The van der Waals surface area contributed by atoms with Gasteiger partial charge in [-0.2, -0.15) is 0 Å². The summed E-state index contributed by atoms with van der Waals surface area (Å²) < 4.78 is 0. The van der Waals surface area contributed by atoms with Gasteiger partial charge in [0.2, 0.25) is 0 Å². The molecule has 0 aliphatic heterocycles. The molecule has 0 saturated carbocycles. The second kappa shape index (κ2) is 6.96. The van der Waals surface area contributed by atoms with E-state index in [9.17, 15) is 0 Å². The molecule has 2 N–H and O–H groups in total. The van der Waals surface area contributed by atoms with Crippen molar-refractivity contribution in [1.29, 1.82) is 0 Å². The predicted molar refractivity (Wildman–Crippen MR) is 63.5 cm³/mol. The monoisotopic (exact) mass is 199 g/mol. The average molecular weight is 199 g/mol. The van der Waals surface area contributed by atoms with Crippen molar-refractivity contribution in [3.8, 4) is 0 Å². The van der Waals surface area contributed by atoms with E-state index in [1.807, 2.05) is 13.8 Å². The summed E-state index contributed by atoms with van der Waals surface area (Å²) in [7, 11) is 0. The van der Waals surface area contributed by atoms with Gasteiger partial charge in [0.25, 0.3) is 0 Å². The Morgan fingerprint density at radius 2 is 1.92 bits per heavy atom. The molecule has 0 unspecified atom stereocenters. The van der Waals surface area contributed by atoms with Crippen LogP contribution in [0.3, 0.4) is 0 Å². The maximum atomic E-state index is 5.70. The van der Waals surface area contributed by atoms with E-state index in [0.717, 1.165) is 11.4 Å². The molecule has 0 amide bonds. The van der Waals surface area contributed by atoms with Crippen molar-refractivity contribution in [1.82, 2.24) is 0 Å². The Balaban J connectivity index is 0.000000671. The molecular weight excluding hydrogens is 178 g/mol. The molecule has 0 spiro atoms. The minimum atomic E-state index is 0.963. The van der Waals surface area contributed by atoms with Crippen molar-refractivity contribution in [3.05, 3.63) is 16.5 Å². The zero-order valence-electron chi connectivity index (χ0n) is 9.18. The molecule has 0 aliphatic carbocycles. The normalized spacial score (nSPS) is 9.23. The largest absolute Gasteiger partial charge is 0.391 e. The number of nitrogens with two attached hydrogens (primary N) is 1. The van der Waals surface area contributed by atoms with Crippen molar-refractivity contribution in [2.24, 2.45) is 0 Å². The van der Waals surface area contributed by atoms with Crippen LogP contribution in [0.25, 0.3) is 0 Å². The zero-order chi connectivity index (χ0) is 10.3. The van der Waals surface area contributed by atoms with Gasteiger partial charge in [-0.15, -0.1) is 11.3 Å². The third-order valence-electron chi connectivity index (χ3n) is 1.76. The Bertz CT molecular complexity index is 228. The first kappa shape index (κ1) is 12.5. The third kappa shape index (κ3) is 3.81. The van der Waals surface area contributed by atoms with Crippen LogP contribution in [0, 0.1) is 0 Å². The maximum Gasteiger partial charge on any atom is 0.0862 e. The Morgan fingerprint density at radius 1 is 1.31 bits per heavy atom.